The third kappa shape index (κ3) is 3.93. The van der Waals surface area contributed by atoms with Crippen LogP contribution in [0.5, 0.6) is 0 Å². The van der Waals surface area contributed by atoms with Crippen LogP contribution in [-0.4, -0.2) is 29.3 Å². The molecular weight excluding hydrogens is 280 g/mol. The van der Waals surface area contributed by atoms with E-state index in [1.165, 1.54) is 6.04 Å². The smallest absolute Gasteiger partial charge is 0.124 e. The SMILES string of the molecule is CCc1nc2c(CO)cccc2n1COCC[Si](C)(C)C. The van der Waals surface area contributed by atoms with Crippen molar-refractivity contribution in [2.45, 2.75) is 52.4 Å². The van der Waals surface area contributed by atoms with Gasteiger partial charge < -0.3 is 14.4 Å². The van der Waals surface area contributed by atoms with Crippen molar-refractivity contribution >= 4 is 19.1 Å². The van der Waals surface area contributed by atoms with Crippen LogP contribution in [0.1, 0.15) is 18.3 Å². The third-order valence-corrected chi connectivity index (χ3v) is 5.35. The minimum absolute atomic E-state index is 0.0218. The Bertz CT molecular complexity index is 602. The maximum absolute atomic E-state index is 9.44. The van der Waals surface area contributed by atoms with Gasteiger partial charge >= 0.3 is 0 Å². The molecule has 0 fully saturated rings. The molecule has 21 heavy (non-hydrogen) atoms. The lowest BCUT2D eigenvalue weighted by molar-refractivity contribution is 0.0880. The number of aliphatic hydroxyl groups excluding tert-OH is 1. The van der Waals surface area contributed by atoms with Crippen LogP contribution in [0.15, 0.2) is 18.2 Å². The third-order valence-electron chi connectivity index (χ3n) is 3.64. The lowest BCUT2D eigenvalue weighted by atomic mass is 10.2. The number of imidazole rings is 1. The molecule has 0 saturated carbocycles. The van der Waals surface area contributed by atoms with Gasteiger partial charge in [-0.1, -0.05) is 38.7 Å². The van der Waals surface area contributed by atoms with Gasteiger partial charge in [-0.15, -0.1) is 0 Å². The minimum atomic E-state index is -1.05. The van der Waals surface area contributed by atoms with E-state index in [-0.39, 0.29) is 6.61 Å². The number of nitrogens with zero attached hydrogens (tertiary/aromatic N) is 2. The van der Waals surface area contributed by atoms with E-state index in [2.05, 4.69) is 36.1 Å². The van der Waals surface area contributed by atoms with E-state index in [0.29, 0.717) is 6.73 Å². The summed E-state index contributed by atoms with van der Waals surface area (Å²) in [6.45, 7) is 10.5. The van der Waals surface area contributed by atoms with Crippen molar-refractivity contribution in [3.05, 3.63) is 29.6 Å². The Morgan fingerprint density at radius 1 is 1.29 bits per heavy atom. The molecule has 2 rings (SSSR count). The van der Waals surface area contributed by atoms with E-state index in [4.69, 9.17) is 4.74 Å². The average Bonchev–Trinajstić information content (AvgIpc) is 2.80. The van der Waals surface area contributed by atoms with Gasteiger partial charge in [0.1, 0.15) is 12.6 Å². The number of fused-ring (bicyclic) bond motifs is 1. The predicted octanol–water partition coefficient (Wildman–Crippen LogP) is 3.40. The molecule has 1 aromatic heterocycles. The number of aryl methyl sites for hydroxylation is 1. The molecule has 0 spiro atoms. The fourth-order valence-corrected chi connectivity index (χ4v) is 3.09. The molecule has 1 N–H and O–H groups in total. The summed E-state index contributed by atoms with van der Waals surface area (Å²) >= 11 is 0. The maximum Gasteiger partial charge on any atom is 0.124 e. The number of aliphatic hydroxyl groups is 1. The summed E-state index contributed by atoms with van der Waals surface area (Å²) in [5.41, 5.74) is 2.82. The van der Waals surface area contributed by atoms with Crippen LogP contribution in [0.4, 0.5) is 0 Å². The summed E-state index contributed by atoms with van der Waals surface area (Å²) in [6.07, 6.45) is 0.858. The highest BCUT2D eigenvalue weighted by molar-refractivity contribution is 6.76. The van der Waals surface area contributed by atoms with E-state index in [1.54, 1.807) is 0 Å². The average molecular weight is 306 g/mol. The van der Waals surface area contributed by atoms with Crippen molar-refractivity contribution in [1.29, 1.82) is 0 Å². The molecule has 4 nitrogen and oxygen atoms in total. The quantitative estimate of drug-likeness (QED) is 0.630. The number of rotatable bonds is 7. The molecule has 1 heterocycles. The number of hydrogen-bond donors (Lipinski definition) is 1. The maximum atomic E-state index is 9.44. The molecule has 0 atom stereocenters. The van der Waals surface area contributed by atoms with Crippen molar-refractivity contribution in [1.82, 2.24) is 9.55 Å². The predicted molar refractivity (Wildman–Crippen MR) is 89.1 cm³/mol. The molecular formula is C16H26N2O2Si. The molecule has 0 aliphatic rings. The van der Waals surface area contributed by atoms with Gasteiger partial charge in [0.25, 0.3) is 0 Å². The van der Waals surface area contributed by atoms with Gasteiger partial charge in [-0.2, -0.15) is 0 Å². The first-order valence-corrected chi connectivity index (χ1v) is 11.3. The van der Waals surface area contributed by atoms with E-state index in [0.717, 1.165) is 35.4 Å². The molecule has 1 aromatic carbocycles. The Morgan fingerprint density at radius 2 is 2.05 bits per heavy atom. The normalized spacial score (nSPS) is 12.2. The molecule has 0 aliphatic carbocycles. The number of benzene rings is 1. The van der Waals surface area contributed by atoms with E-state index >= 15 is 0 Å². The Morgan fingerprint density at radius 3 is 2.67 bits per heavy atom. The number of ether oxygens (including phenoxy) is 1. The first-order chi connectivity index (χ1) is 9.96. The first kappa shape index (κ1) is 16.2. The van der Waals surface area contributed by atoms with Crippen LogP contribution < -0.4 is 0 Å². The second-order valence-corrected chi connectivity index (χ2v) is 12.2. The van der Waals surface area contributed by atoms with Crippen molar-refractivity contribution in [2.75, 3.05) is 6.61 Å². The van der Waals surface area contributed by atoms with E-state index in [1.807, 2.05) is 18.2 Å². The first-order valence-electron chi connectivity index (χ1n) is 7.62. The van der Waals surface area contributed by atoms with Crippen LogP contribution >= 0.6 is 0 Å². The number of hydrogen-bond acceptors (Lipinski definition) is 3. The van der Waals surface area contributed by atoms with Crippen molar-refractivity contribution in [3.63, 3.8) is 0 Å². The number of aromatic nitrogens is 2. The lowest BCUT2D eigenvalue weighted by Crippen LogP contribution is -2.22. The molecule has 0 radical (unpaired) electrons. The highest BCUT2D eigenvalue weighted by Crippen LogP contribution is 2.21. The second kappa shape index (κ2) is 6.73. The summed E-state index contributed by atoms with van der Waals surface area (Å²) in [4.78, 5) is 4.66. The summed E-state index contributed by atoms with van der Waals surface area (Å²) in [6, 6.07) is 7.10. The zero-order chi connectivity index (χ0) is 15.5. The summed E-state index contributed by atoms with van der Waals surface area (Å²) in [5.74, 6) is 1.01. The lowest BCUT2D eigenvalue weighted by Gasteiger charge is -2.16. The fourth-order valence-electron chi connectivity index (χ4n) is 2.33. The zero-order valence-corrected chi connectivity index (χ0v) is 14.5. The van der Waals surface area contributed by atoms with Crippen molar-refractivity contribution in [3.8, 4) is 0 Å². The fraction of sp³-hybridized carbons (Fsp3) is 0.562. The Hall–Kier alpha value is -1.17. The highest BCUT2D eigenvalue weighted by atomic mass is 28.3. The van der Waals surface area contributed by atoms with Crippen LogP contribution in [0.2, 0.25) is 25.7 Å². The van der Waals surface area contributed by atoms with Gasteiger partial charge in [-0.3, -0.25) is 0 Å². The Balaban J connectivity index is 2.18. The second-order valence-electron chi connectivity index (χ2n) is 6.60. The van der Waals surface area contributed by atoms with Gasteiger partial charge in [0.05, 0.1) is 17.6 Å². The highest BCUT2D eigenvalue weighted by Gasteiger charge is 2.14. The molecule has 0 amide bonds. The Labute approximate surface area is 127 Å². The molecule has 0 unspecified atom stereocenters. The van der Waals surface area contributed by atoms with Gasteiger partial charge in [0.2, 0.25) is 0 Å². The Kier molecular flexibility index (Phi) is 5.19. The molecule has 0 aliphatic heterocycles. The monoisotopic (exact) mass is 306 g/mol. The molecule has 0 saturated heterocycles. The van der Waals surface area contributed by atoms with E-state index < -0.39 is 8.07 Å². The zero-order valence-electron chi connectivity index (χ0n) is 13.5. The topological polar surface area (TPSA) is 47.3 Å². The minimum Gasteiger partial charge on any atom is -0.392 e. The van der Waals surface area contributed by atoms with Gasteiger partial charge in [0, 0.05) is 26.7 Å². The largest absolute Gasteiger partial charge is 0.392 e. The van der Waals surface area contributed by atoms with E-state index in [9.17, 15) is 5.11 Å². The molecule has 5 heteroatoms. The van der Waals surface area contributed by atoms with Gasteiger partial charge in [0.15, 0.2) is 0 Å². The number of para-hydroxylation sites is 1. The summed E-state index contributed by atoms with van der Waals surface area (Å²) in [7, 11) is -1.05. The summed E-state index contributed by atoms with van der Waals surface area (Å²) < 4.78 is 8.00. The van der Waals surface area contributed by atoms with Crippen LogP contribution in [-0.2, 0) is 24.5 Å². The van der Waals surface area contributed by atoms with Crippen molar-refractivity contribution < 1.29 is 9.84 Å². The standard InChI is InChI=1S/C16H26N2O2Si/c1-5-15-17-16-13(11-19)7-6-8-14(16)18(15)12-20-9-10-21(2,3)4/h6-8,19H,5,9-12H2,1-4H3. The molecule has 116 valence electrons. The van der Waals surface area contributed by atoms with Gasteiger partial charge in [-0.25, -0.2) is 4.98 Å². The van der Waals surface area contributed by atoms with Crippen LogP contribution in [0, 0.1) is 0 Å². The van der Waals surface area contributed by atoms with Crippen molar-refractivity contribution in [2.24, 2.45) is 0 Å². The summed E-state index contributed by atoms with van der Waals surface area (Å²) in [5, 5.41) is 9.44. The van der Waals surface area contributed by atoms with Gasteiger partial charge in [-0.05, 0) is 12.1 Å². The molecule has 0 bridgehead atoms. The van der Waals surface area contributed by atoms with Crippen LogP contribution in [0.25, 0.3) is 11.0 Å². The molecule has 2 aromatic rings. The van der Waals surface area contributed by atoms with Crippen LogP contribution in [0.3, 0.4) is 0 Å².